The molecule has 0 fully saturated rings. The van der Waals surface area contributed by atoms with Crippen LogP contribution in [0.25, 0.3) is 11.1 Å². The summed E-state index contributed by atoms with van der Waals surface area (Å²) in [4.78, 5) is 0. The van der Waals surface area contributed by atoms with E-state index in [0.717, 1.165) is 77.9 Å². The van der Waals surface area contributed by atoms with Crippen LogP contribution in [0.15, 0.2) is 27.6 Å². The predicted octanol–water partition coefficient (Wildman–Crippen LogP) is 7.14. The van der Waals surface area contributed by atoms with Crippen LogP contribution >= 0.6 is 0 Å². The van der Waals surface area contributed by atoms with Gasteiger partial charge in [-0.1, -0.05) is 27.6 Å². The van der Waals surface area contributed by atoms with Gasteiger partial charge in [0.05, 0.1) is 18.6 Å². The van der Waals surface area contributed by atoms with E-state index in [1.54, 1.807) is 0 Å². The fraction of sp³-hybridized carbons (Fsp3) is 0.323. The molecule has 194 valence electrons. The first kappa shape index (κ1) is 27.7. The molecule has 0 aliphatic rings. The van der Waals surface area contributed by atoms with Crippen molar-refractivity contribution in [3.05, 3.63) is 90.0 Å². The molecule has 3 aromatic rings. The van der Waals surface area contributed by atoms with E-state index in [2.05, 4.69) is 76.1 Å². The highest BCUT2D eigenvalue weighted by Crippen LogP contribution is 2.40. The number of benzene rings is 3. The minimum Gasteiger partial charge on any atom is -0.411 e. The maximum Gasteiger partial charge on any atom is 0.0739 e. The van der Waals surface area contributed by atoms with Crippen LogP contribution in [0, 0.1) is 62.3 Å². The molecule has 3 N–H and O–H groups in total. The third-order valence-corrected chi connectivity index (χ3v) is 7.85. The Morgan fingerprint density at radius 2 is 0.919 bits per heavy atom. The van der Waals surface area contributed by atoms with Crippen LogP contribution in [-0.4, -0.2) is 34.3 Å². The number of hydrogen-bond donors (Lipinski definition) is 3. The lowest BCUT2D eigenvalue weighted by molar-refractivity contribution is 0.321. The van der Waals surface area contributed by atoms with E-state index in [-0.39, 0.29) is 0 Å². The van der Waals surface area contributed by atoms with E-state index in [1.807, 2.05) is 13.8 Å². The molecule has 6 heteroatoms. The first-order chi connectivity index (χ1) is 17.5. The zero-order chi connectivity index (χ0) is 27.6. The zero-order valence-corrected chi connectivity index (χ0v) is 23.3. The van der Waals surface area contributed by atoms with Crippen LogP contribution in [0.2, 0.25) is 0 Å². The van der Waals surface area contributed by atoms with Crippen LogP contribution in [0.4, 0.5) is 0 Å². The number of rotatable bonds is 6. The van der Waals surface area contributed by atoms with Gasteiger partial charge in [0.25, 0.3) is 0 Å². The van der Waals surface area contributed by atoms with Crippen molar-refractivity contribution in [2.45, 2.75) is 68.7 Å². The third kappa shape index (κ3) is 4.88. The lowest BCUT2D eigenvalue weighted by atomic mass is 9.79. The topological polar surface area (TPSA) is 97.8 Å². The molecule has 0 atom stereocenters. The van der Waals surface area contributed by atoms with Crippen molar-refractivity contribution in [2.24, 2.45) is 15.5 Å². The summed E-state index contributed by atoms with van der Waals surface area (Å²) in [6, 6.07) is 4.25. The van der Waals surface area contributed by atoms with E-state index in [4.69, 9.17) is 0 Å². The summed E-state index contributed by atoms with van der Waals surface area (Å²) in [5.41, 5.74) is 17.0. The van der Waals surface area contributed by atoms with Crippen LogP contribution in [-0.2, 0) is 6.42 Å². The SMILES string of the molecule is Cc1cc(C)c(Cc2c(C)c(/C=N/O)c(C)c(-c3c(C)cc(C)c(/C=N/O)c3C)c2C)c(C)c1/C=N/O. The third-order valence-electron chi connectivity index (χ3n) is 7.85. The molecule has 0 radical (unpaired) electrons. The van der Waals surface area contributed by atoms with Crippen molar-refractivity contribution < 1.29 is 15.6 Å². The molecule has 3 aromatic carbocycles. The van der Waals surface area contributed by atoms with Crippen LogP contribution in [0.5, 0.6) is 0 Å². The standard InChI is InChI=1S/C31H37N3O3/c1-16-10-17(2)27(13-32-35)20(5)25(16)12-26-21(6)29(15-34-37)24(9)31(22(26)7)30-19(4)11-18(3)28(14-33-36)23(30)8/h10-11,13-15,35-37H,12H2,1-9H3/b32-13+,33-14+,34-15+. The Morgan fingerprint density at radius 1 is 0.486 bits per heavy atom. The van der Waals surface area contributed by atoms with Crippen LogP contribution in [0.1, 0.15) is 77.9 Å². The average molecular weight is 500 g/mol. The molecular weight excluding hydrogens is 462 g/mol. The molecule has 0 heterocycles. The summed E-state index contributed by atoms with van der Waals surface area (Å²) in [6.45, 7) is 18.7. The van der Waals surface area contributed by atoms with Gasteiger partial charge in [-0.15, -0.1) is 0 Å². The molecule has 0 saturated carbocycles. The maximum atomic E-state index is 9.54. The summed E-state index contributed by atoms with van der Waals surface area (Å²) in [5.74, 6) is 0. The molecule has 0 saturated heterocycles. The van der Waals surface area contributed by atoms with Crippen molar-refractivity contribution in [3.63, 3.8) is 0 Å². The van der Waals surface area contributed by atoms with Crippen molar-refractivity contribution in [1.29, 1.82) is 0 Å². The monoisotopic (exact) mass is 499 g/mol. The molecular formula is C31H37N3O3. The van der Waals surface area contributed by atoms with Gasteiger partial charge in [0.15, 0.2) is 0 Å². The highest BCUT2D eigenvalue weighted by Gasteiger charge is 2.23. The van der Waals surface area contributed by atoms with Gasteiger partial charge in [0.2, 0.25) is 0 Å². The van der Waals surface area contributed by atoms with Gasteiger partial charge < -0.3 is 15.6 Å². The van der Waals surface area contributed by atoms with Gasteiger partial charge in [-0.3, -0.25) is 0 Å². The molecule has 0 unspecified atom stereocenters. The molecule has 0 bridgehead atoms. The fourth-order valence-corrected chi connectivity index (χ4v) is 5.97. The Kier molecular flexibility index (Phi) is 8.22. The van der Waals surface area contributed by atoms with E-state index in [1.165, 1.54) is 29.8 Å². The lowest BCUT2D eigenvalue weighted by Crippen LogP contribution is -2.10. The van der Waals surface area contributed by atoms with Crippen molar-refractivity contribution in [2.75, 3.05) is 0 Å². The fourth-order valence-electron chi connectivity index (χ4n) is 5.97. The summed E-state index contributed by atoms with van der Waals surface area (Å²) < 4.78 is 0. The Bertz CT molecular complexity index is 1460. The second kappa shape index (κ2) is 11.0. The highest BCUT2D eigenvalue weighted by molar-refractivity contribution is 5.94. The Hall–Kier alpha value is -3.93. The van der Waals surface area contributed by atoms with Gasteiger partial charge >= 0.3 is 0 Å². The van der Waals surface area contributed by atoms with Gasteiger partial charge in [-0.05, 0) is 141 Å². The zero-order valence-electron chi connectivity index (χ0n) is 23.3. The van der Waals surface area contributed by atoms with Crippen molar-refractivity contribution in [1.82, 2.24) is 0 Å². The summed E-state index contributed by atoms with van der Waals surface area (Å²) in [7, 11) is 0. The van der Waals surface area contributed by atoms with Crippen LogP contribution < -0.4 is 0 Å². The first-order valence-electron chi connectivity index (χ1n) is 12.4. The average Bonchev–Trinajstić information content (AvgIpc) is 2.83. The van der Waals surface area contributed by atoms with Crippen molar-refractivity contribution >= 4 is 18.6 Å². The Balaban J connectivity index is 2.44. The molecule has 0 aromatic heterocycles. The van der Waals surface area contributed by atoms with E-state index < -0.39 is 0 Å². The van der Waals surface area contributed by atoms with E-state index in [9.17, 15) is 15.6 Å². The van der Waals surface area contributed by atoms with Gasteiger partial charge in [0, 0.05) is 16.7 Å². The second-order valence-corrected chi connectivity index (χ2v) is 10.0. The largest absolute Gasteiger partial charge is 0.411 e. The minimum atomic E-state index is 0.677. The second-order valence-electron chi connectivity index (χ2n) is 10.0. The lowest BCUT2D eigenvalue weighted by Gasteiger charge is -2.25. The maximum absolute atomic E-state index is 9.54. The Labute approximate surface area is 219 Å². The normalized spacial score (nSPS) is 12.0. The molecule has 0 aliphatic heterocycles. The summed E-state index contributed by atoms with van der Waals surface area (Å²) >= 11 is 0. The number of oxime groups is 3. The van der Waals surface area contributed by atoms with Gasteiger partial charge in [-0.25, -0.2) is 0 Å². The number of nitrogens with zero attached hydrogens (tertiary/aromatic N) is 3. The van der Waals surface area contributed by atoms with Crippen molar-refractivity contribution in [3.8, 4) is 11.1 Å². The number of hydrogen-bond acceptors (Lipinski definition) is 6. The highest BCUT2D eigenvalue weighted by atomic mass is 16.4. The minimum absolute atomic E-state index is 0.677. The summed E-state index contributed by atoms with van der Waals surface area (Å²) in [6.07, 6.45) is 5.19. The molecule has 37 heavy (non-hydrogen) atoms. The van der Waals surface area contributed by atoms with E-state index in [0.29, 0.717) is 6.42 Å². The Morgan fingerprint density at radius 3 is 1.46 bits per heavy atom. The van der Waals surface area contributed by atoms with Gasteiger partial charge in [0.1, 0.15) is 0 Å². The van der Waals surface area contributed by atoms with Crippen LogP contribution in [0.3, 0.4) is 0 Å². The molecule has 6 nitrogen and oxygen atoms in total. The van der Waals surface area contributed by atoms with Gasteiger partial charge in [-0.2, -0.15) is 0 Å². The number of aryl methyl sites for hydroxylation is 4. The smallest absolute Gasteiger partial charge is 0.0739 e. The predicted molar refractivity (Wildman–Crippen MR) is 152 cm³/mol. The van der Waals surface area contributed by atoms with E-state index >= 15 is 0 Å². The molecule has 0 aliphatic carbocycles. The summed E-state index contributed by atoms with van der Waals surface area (Å²) in [5, 5.41) is 38.1. The quantitative estimate of drug-likeness (QED) is 0.191. The molecule has 0 spiro atoms. The molecule has 3 rings (SSSR count). The molecule has 0 amide bonds. The first-order valence-corrected chi connectivity index (χ1v) is 12.4.